The van der Waals surface area contributed by atoms with Gasteiger partial charge < -0.3 is 10.2 Å². The first-order valence-corrected chi connectivity index (χ1v) is 5.82. The van der Waals surface area contributed by atoms with Crippen LogP contribution in [0.1, 0.15) is 19.2 Å². The highest BCUT2D eigenvalue weighted by atomic mass is 15.2. The first kappa shape index (κ1) is 11.3. The second kappa shape index (κ2) is 4.37. The van der Waals surface area contributed by atoms with Crippen molar-refractivity contribution in [3.05, 3.63) is 18.1 Å². The Morgan fingerprint density at radius 1 is 1.56 bits per heavy atom. The number of hydrogen-bond donors (Lipinski definition) is 1. The Balaban J connectivity index is 2.09. The molecule has 1 fully saturated rings. The smallest absolute Gasteiger partial charge is 0.132 e. The Morgan fingerprint density at radius 2 is 2.38 bits per heavy atom. The van der Waals surface area contributed by atoms with Crippen LogP contribution in [0, 0.1) is 12.3 Å². The van der Waals surface area contributed by atoms with Gasteiger partial charge in [0.1, 0.15) is 11.6 Å². The van der Waals surface area contributed by atoms with Gasteiger partial charge in [-0.2, -0.15) is 0 Å². The van der Waals surface area contributed by atoms with E-state index in [4.69, 9.17) is 0 Å². The van der Waals surface area contributed by atoms with Crippen molar-refractivity contribution in [1.82, 2.24) is 15.3 Å². The average molecular weight is 220 g/mol. The topological polar surface area (TPSA) is 41.0 Å². The molecule has 1 aromatic rings. The molecular weight excluding hydrogens is 200 g/mol. The molecule has 1 aliphatic heterocycles. The summed E-state index contributed by atoms with van der Waals surface area (Å²) in [4.78, 5) is 11.0. The summed E-state index contributed by atoms with van der Waals surface area (Å²) in [6, 6.07) is 2.00. The molecule has 1 N–H and O–H groups in total. The van der Waals surface area contributed by atoms with Gasteiger partial charge >= 0.3 is 0 Å². The third-order valence-electron chi connectivity index (χ3n) is 3.25. The minimum atomic E-state index is 0.369. The quantitative estimate of drug-likeness (QED) is 0.831. The molecule has 0 aliphatic carbocycles. The van der Waals surface area contributed by atoms with Crippen LogP contribution in [0.5, 0.6) is 0 Å². The molecule has 2 rings (SSSR count). The van der Waals surface area contributed by atoms with Gasteiger partial charge in [0.25, 0.3) is 0 Å². The van der Waals surface area contributed by atoms with Gasteiger partial charge in [0.05, 0.1) is 0 Å². The Hall–Kier alpha value is -1.16. The van der Waals surface area contributed by atoms with Crippen molar-refractivity contribution in [3.63, 3.8) is 0 Å². The van der Waals surface area contributed by atoms with E-state index >= 15 is 0 Å². The minimum absolute atomic E-state index is 0.369. The lowest BCUT2D eigenvalue weighted by Crippen LogP contribution is -2.33. The van der Waals surface area contributed by atoms with Gasteiger partial charge in [0.2, 0.25) is 0 Å². The van der Waals surface area contributed by atoms with Crippen LogP contribution in [-0.2, 0) is 0 Å². The second-order valence-electron chi connectivity index (χ2n) is 4.97. The molecule has 1 aromatic heterocycles. The molecule has 0 radical (unpaired) electrons. The summed E-state index contributed by atoms with van der Waals surface area (Å²) in [5, 5.41) is 3.27. The van der Waals surface area contributed by atoms with E-state index in [1.807, 2.05) is 26.2 Å². The summed E-state index contributed by atoms with van der Waals surface area (Å²) in [5.74, 6) is 1.91. The maximum atomic E-state index is 4.48. The molecular formula is C12H20N4. The largest absolute Gasteiger partial charge is 0.356 e. The molecule has 1 unspecified atom stereocenters. The van der Waals surface area contributed by atoms with Crippen molar-refractivity contribution in [2.24, 2.45) is 5.41 Å². The lowest BCUT2D eigenvalue weighted by molar-refractivity contribution is 0.355. The molecule has 4 nitrogen and oxygen atoms in total. The predicted octanol–water partition coefficient (Wildman–Crippen LogP) is 1.22. The van der Waals surface area contributed by atoms with E-state index in [0.717, 1.165) is 31.3 Å². The molecule has 1 saturated heterocycles. The van der Waals surface area contributed by atoms with Crippen molar-refractivity contribution in [3.8, 4) is 0 Å². The Labute approximate surface area is 97.1 Å². The number of rotatable bonds is 3. The zero-order valence-corrected chi connectivity index (χ0v) is 10.3. The van der Waals surface area contributed by atoms with Crippen molar-refractivity contribution >= 4 is 5.82 Å². The van der Waals surface area contributed by atoms with E-state index in [-0.39, 0.29) is 0 Å². The monoisotopic (exact) mass is 220 g/mol. The maximum absolute atomic E-state index is 4.48. The van der Waals surface area contributed by atoms with E-state index in [1.165, 1.54) is 6.42 Å². The second-order valence-corrected chi connectivity index (χ2v) is 4.97. The Bertz CT molecular complexity index is 366. The van der Waals surface area contributed by atoms with Crippen LogP contribution in [0.25, 0.3) is 0 Å². The number of nitrogens with one attached hydrogen (secondary N) is 1. The zero-order chi connectivity index (χ0) is 11.6. The lowest BCUT2D eigenvalue weighted by Gasteiger charge is -2.24. The molecule has 88 valence electrons. The van der Waals surface area contributed by atoms with Crippen molar-refractivity contribution in [2.75, 3.05) is 31.6 Å². The third kappa shape index (κ3) is 2.32. The van der Waals surface area contributed by atoms with Crippen molar-refractivity contribution in [2.45, 2.75) is 20.3 Å². The molecule has 0 spiro atoms. The van der Waals surface area contributed by atoms with Crippen LogP contribution >= 0.6 is 0 Å². The molecule has 4 heteroatoms. The molecule has 1 aliphatic rings. The number of anilines is 1. The Kier molecular flexibility index (Phi) is 3.10. The van der Waals surface area contributed by atoms with Gasteiger partial charge in [0, 0.05) is 25.8 Å². The van der Waals surface area contributed by atoms with Gasteiger partial charge in [-0.05, 0) is 31.9 Å². The molecule has 0 saturated carbocycles. The average Bonchev–Trinajstić information content (AvgIpc) is 2.61. The van der Waals surface area contributed by atoms with E-state index in [0.29, 0.717) is 5.41 Å². The van der Waals surface area contributed by atoms with Crippen LogP contribution in [0.4, 0.5) is 5.82 Å². The van der Waals surface area contributed by atoms with E-state index in [1.54, 1.807) is 0 Å². The molecule has 0 aromatic carbocycles. The highest BCUT2D eigenvalue weighted by molar-refractivity contribution is 5.39. The van der Waals surface area contributed by atoms with Crippen LogP contribution in [-0.4, -0.2) is 36.6 Å². The van der Waals surface area contributed by atoms with Crippen LogP contribution in [0.2, 0.25) is 0 Å². The fourth-order valence-electron chi connectivity index (χ4n) is 2.41. The Morgan fingerprint density at radius 3 is 3.06 bits per heavy atom. The van der Waals surface area contributed by atoms with E-state index in [2.05, 4.69) is 27.1 Å². The highest BCUT2D eigenvalue weighted by Crippen LogP contribution is 2.31. The minimum Gasteiger partial charge on any atom is -0.356 e. The summed E-state index contributed by atoms with van der Waals surface area (Å²) in [7, 11) is 2.02. The summed E-state index contributed by atoms with van der Waals surface area (Å²) >= 11 is 0. The van der Waals surface area contributed by atoms with Crippen LogP contribution in [0.15, 0.2) is 12.3 Å². The summed E-state index contributed by atoms with van der Waals surface area (Å²) in [6.07, 6.45) is 3.06. The van der Waals surface area contributed by atoms with Gasteiger partial charge in [-0.15, -0.1) is 0 Å². The van der Waals surface area contributed by atoms with Gasteiger partial charge in [-0.25, -0.2) is 9.97 Å². The maximum Gasteiger partial charge on any atom is 0.132 e. The number of hydrogen-bond acceptors (Lipinski definition) is 4. The SMILES string of the molecule is CNCC1(C)CCN(c2ccnc(C)n2)C1. The first-order valence-electron chi connectivity index (χ1n) is 5.82. The summed E-state index contributed by atoms with van der Waals surface area (Å²) in [5.41, 5.74) is 0.369. The molecule has 16 heavy (non-hydrogen) atoms. The fraction of sp³-hybridized carbons (Fsp3) is 0.667. The fourth-order valence-corrected chi connectivity index (χ4v) is 2.41. The molecule has 1 atom stereocenters. The number of aromatic nitrogens is 2. The lowest BCUT2D eigenvalue weighted by atomic mass is 9.90. The summed E-state index contributed by atoms with van der Waals surface area (Å²) in [6.45, 7) is 7.50. The zero-order valence-electron chi connectivity index (χ0n) is 10.3. The molecule has 0 amide bonds. The molecule has 2 heterocycles. The van der Waals surface area contributed by atoms with Gasteiger partial charge in [-0.3, -0.25) is 0 Å². The van der Waals surface area contributed by atoms with Crippen molar-refractivity contribution < 1.29 is 0 Å². The number of nitrogens with zero attached hydrogens (tertiary/aromatic N) is 3. The first-order chi connectivity index (χ1) is 7.63. The normalized spacial score (nSPS) is 25.1. The predicted molar refractivity (Wildman–Crippen MR) is 65.6 cm³/mol. The molecule has 0 bridgehead atoms. The highest BCUT2D eigenvalue weighted by Gasteiger charge is 2.33. The van der Waals surface area contributed by atoms with Crippen LogP contribution < -0.4 is 10.2 Å². The number of aryl methyl sites for hydroxylation is 1. The summed E-state index contributed by atoms with van der Waals surface area (Å²) < 4.78 is 0. The van der Waals surface area contributed by atoms with Gasteiger partial charge in [0.15, 0.2) is 0 Å². The van der Waals surface area contributed by atoms with E-state index in [9.17, 15) is 0 Å². The third-order valence-corrected chi connectivity index (χ3v) is 3.25. The van der Waals surface area contributed by atoms with Gasteiger partial charge in [-0.1, -0.05) is 6.92 Å². The van der Waals surface area contributed by atoms with Crippen molar-refractivity contribution in [1.29, 1.82) is 0 Å². The van der Waals surface area contributed by atoms with E-state index < -0.39 is 0 Å². The standard InChI is InChI=1S/C12H20N4/c1-10-14-6-4-11(15-10)16-7-5-12(2,9-16)8-13-3/h4,6,13H,5,7-9H2,1-3H3. The van der Waals surface area contributed by atoms with Crippen LogP contribution in [0.3, 0.4) is 0 Å².